The summed E-state index contributed by atoms with van der Waals surface area (Å²) in [7, 11) is 0. The number of ketones is 1. The fraction of sp³-hybridized carbons (Fsp3) is 0.514. The van der Waals surface area contributed by atoms with E-state index in [4.69, 9.17) is 37.9 Å². The molecule has 294 valence electrons. The van der Waals surface area contributed by atoms with E-state index >= 15 is 0 Å². The van der Waals surface area contributed by atoms with Gasteiger partial charge in [0.05, 0.1) is 42.5 Å². The fourth-order valence-electron chi connectivity index (χ4n) is 3.72. The molecule has 0 aliphatic carbocycles. The van der Waals surface area contributed by atoms with Crippen molar-refractivity contribution in [3.8, 4) is 0 Å². The summed E-state index contributed by atoms with van der Waals surface area (Å²) in [6.07, 6.45) is 4.12. The molecule has 0 atom stereocenters. The summed E-state index contributed by atoms with van der Waals surface area (Å²) < 4.78 is 42.5. The maximum atomic E-state index is 12.8. The zero-order valence-electron chi connectivity index (χ0n) is 30.6. The number of hydrogen-bond donors (Lipinski definition) is 0. The summed E-state index contributed by atoms with van der Waals surface area (Å²) in [4.78, 5) is 97.1. The standard InChI is InChI=1S/C37H50O16/c1-9-28(39)48-21-36(22-49-29(40)10-2,23-50-30(41)11-3)19-46-20-37(24-51-31(42)12-4,25-52-32(43)13-5)26-53-33(44)17-16-27(38)15-14-18-47-34(45)35(6,7)8/h9-13H,1-5,14-26H2,6-8H3. The van der Waals surface area contributed by atoms with Crippen molar-refractivity contribution in [3.05, 3.63) is 63.3 Å². The van der Waals surface area contributed by atoms with Crippen LogP contribution in [-0.2, 0) is 76.3 Å². The van der Waals surface area contributed by atoms with Gasteiger partial charge in [0.1, 0.15) is 45.4 Å². The largest absolute Gasteiger partial charge is 0.465 e. The Kier molecular flexibility index (Phi) is 22.2. The highest BCUT2D eigenvalue weighted by Crippen LogP contribution is 2.26. The molecule has 0 saturated carbocycles. The van der Waals surface area contributed by atoms with Crippen LogP contribution >= 0.6 is 0 Å². The molecule has 0 saturated heterocycles. The molecule has 0 amide bonds. The topological polar surface area (TPSA) is 210 Å². The zero-order chi connectivity index (χ0) is 40.5. The van der Waals surface area contributed by atoms with Crippen molar-refractivity contribution in [2.24, 2.45) is 16.2 Å². The Morgan fingerprint density at radius 2 is 0.792 bits per heavy atom. The van der Waals surface area contributed by atoms with Gasteiger partial charge in [0, 0.05) is 43.2 Å². The van der Waals surface area contributed by atoms with E-state index in [1.807, 2.05) is 0 Å². The monoisotopic (exact) mass is 750 g/mol. The van der Waals surface area contributed by atoms with E-state index in [0.717, 1.165) is 30.4 Å². The third kappa shape index (κ3) is 20.9. The number of hydrogen-bond acceptors (Lipinski definition) is 16. The molecule has 0 N–H and O–H groups in total. The Hall–Kier alpha value is -5.38. The highest BCUT2D eigenvalue weighted by molar-refractivity contribution is 5.84. The molecule has 16 nitrogen and oxygen atoms in total. The van der Waals surface area contributed by atoms with Crippen molar-refractivity contribution in [1.82, 2.24) is 0 Å². The highest BCUT2D eigenvalue weighted by Gasteiger charge is 2.40. The molecule has 0 aromatic heterocycles. The summed E-state index contributed by atoms with van der Waals surface area (Å²) in [6.45, 7) is 17.5. The average Bonchev–Trinajstić information content (AvgIpc) is 3.14. The second-order valence-corrected chi connectivity index (χ2v) is 12.7. The molecular weight excluding hydrogens is 700 g/mol. The summed E-state index contributed by atoms with van der Waals surface area (Å²) in [5.41, 5.74) is -3.85. The molecule has 0 spiro atoms. The Bertz CT molecular complexity index is 1270. The van der Waals surface area contributed by atoms with E-state index in [1.54, 1.807) is 20.8 Å². The normalized spacial score (nSPS) is 11.1. The van der Waals surface area contributed by atoms with E-state index in [1.165, 1.54) is 0 Å². The smallest absolute Gasteiger partial charge is 0.330 e. The van der Waals surface area contributed by atoms with Crippen molar-refractivity contribution >= 4 is 47.6 Å². The van der Waals surface area contributed by atoms with Crippen LogP contribution in [0.1, 0.15) is 46.5 Å². The Morgan fingerprint density at radius 1 is 0.453 bits per heavy atom. The van der Waals surface area contributed by atoms with Crippen molar-refractivity contribution in [1.29, 1.82) is 0 Å². The van der Waals surface area contributed by atoms with Gasteiger partial charge in [0.25, 0.3) is 0 Å². The quantitative estimate of drug-likeness (QED) is 0.0487. The third-order valence-corrected chi connectivity index (χ3v) is 6.85. The van der Waals surface area contributed by atoms with E-state index in [-0.39, 0.29) is 38.1 Å². The Morgan fingerprint density at radius 3 is 1.11 bits per heavy atom. The molecule has 0 rings (SSSR count). The van der Waals surface area contributed by atoms with Gasteiger partial charge in [-0.3, -0.25) is 14.4 Å². The van der Waals surface area contributed by atoms with Crippen LogP contribution in [0.2, 0.25) is 0 Å². The molecule has 16 heteroatoms. The minimum Gasteiger partial charge on any atom is -0.465 e. The van der Waals surface area contributed by atoms with E-state index in [0.29, 0.717) is 0 Å². The van der Waals surface area contributed by atoms with Gasteiger partial charge in [-0.2, -0.15) is 0 Å². The minimum absolute atomic E-state index is 0.0347. The number of esters is 7. The van der Waals surface area contributed by atoms with Crippen molar-refractivity contribution in [2.75, 3.05) is 59.5 Å². The zero-order valence-corrected chi connectivity index (χ0v) is 30.6. The molecule has 0 radical (unpaired) electrons. The molecule has 0 fully saturated rings. The lowest BCUT2D eigenvalue weighted by Gasteiger charge is -2.35. The van der Waals surface area contributed by atoms with E-state index in [9.17, 15) is 38.4 Å². The molecule has 0 aliphatic heterocycles. The first-order valence-corrected chi connectivity index (χ1v) is 16.3. The van der Waals surface area contributed by atoms with Crippen LogP contribution in [0.15, 0.2) is 63.3 Å². The molecule has 0 bridgehead atoms. The highest BCUT2D eigenvalue weighted by atomic mass is 16.6. The molecule has 53 heavy (non-hydrogen) atoms. The van der Waals surface area contributed by atoms with Crippen molar-refractivity contribution < 1.29 is 76.3 Å². The number of ether oxygens (including phenoxy) is 8. The third-order valence-electron chi connectivity index (χ3n) is 6.85. The fourth-order valence-corrected chi connectivity index (χ4v) is 3.72. The van der Waals surface area contributed by atoms with Crippen molar-refractivity contribution in [2.45, 2.75) is 46.5 Å². The lowest BCUT2D eigenvalue weighted by molar-refractivity contribution is -0.171. The van der Waals surface area contributed by atoms with E-state index < -0.39 is 111 Å². The first-order valence-electron chi connectivity index (χ1n) is 16.3. The van der Waals surface area contributed by atoms with Gasteiger partial charge in [0.2, 0.25) is 0 Å². The summed E-state index contributed by atoms with van der Waals surface area (Å²) in [5.74, 6) is -5.88. The Labute approximate surface area is 309 Å². The molecule has 0 aromatic rings. The average molecular weight is 751 g/mol. The molecule has 0 heterocycles. The predicted octanol–water partition coefficient (Wildman–Crippen LogP) is 2.88. The molecule has 0 unspecified atom stereocenters. The summed E-state index contributed by atoms with van der Waals surface area (Å²) in [6, 6.07) is 0. The number of Topliss-reactive ketones (excluding diaryl/α,β-unsaturated/α-hetero) is 1. The molecule has 0 aromatic carbocycles. The number of rotatable bonds is 28. The van der Waals surface area contributed by atoms with Crippen LogP contribution in [0.3, 0.4) is 0 Å². The number of carbonyl (C=O) groups is 8. The van der Waals surface area contributed by atoms with Gasteiger partial charge in [-0.1, -0.05) is 32.9 Å². The van der Waals surface area contributed by atoms with Crippen LogP contribution in [0.4, 0.5) is 0 Å². The summed E-state index contributed by atoms with van der Waals surface area (Å²) in [5, 5.41) is 0. The SMILES string of the molecule is C=CC(=O)OCC(COCC(COC(=O)C=C)(COC(=O)C=C)COC(=O)CCC(=O)CCCOC(=O)C(C)(C)C)(COC(=O)C=C)COC(=O)C=C. The summed E-state index contributed by atoms with van der Waals surface area (Å²) >= 11 is 0. The lowest BCUT2D eigenvalue weighted by atomic mass is 9.90. The second kappa shape index (κ2) is 24.7. The maximum Gasteiger partial charge on any atom is 0.330 e. The molecular formula is C37H50O16. The van der Waals surface area contributed by atoms with Crippen molar-refractivity contribution in [3.63, 3.8) is 0 Å². The first kappa shape index (κ1) is 47.6. The Balaban J connectivity index is 6.12. The van der Waals surface area contributed by atoms with Gasteiger partial charge >= 0.3 is 41.8 Å². The first-order chi connectivity index (χ1) is 24.9. The van der Waals surface area contributed by atoms with Crippen LogP contribution < -0.4 is 0 Å². The van der Waals surface area contributed by atoms with Gasteiger partial charge in [-0.15, -0.1) is 0 Å². The second-order valence-electron chi connectivity index (χ2n) is 12.7. The minimum atomic E-state index is -1.60. The van der Waals surface area contributed by atoms with Crippen LogP contribution in [0.5, 0.6) is 0 Å². The lowest BCUT2D eigenvalue weighted by Crippen LogP contribution is -2.47. The van der Waals surface area contributed by atoms with E-state index in [2.05, 4.69) is 32.9 Å². The number of carbonyl (C=O) groups excluding carboxylic acids is 8. The maximum absolute atomic E-state index is 12.8. The van der Waals surface area contributed by atoms with Gasteiger partial charge in [-0.05, 0) is 27.2 Å². The van der Waals surface area contributed by atoms with Crippen LogP contribution in [-0.4, -0.2) is 107 Å². The predicted molar refractivity (Wildman–Crippen MR) is 186 cm³/mol. The van der Waals surface area contributed by atoms with Gasteiger partial charge in [-0.25, -0.2) is 24.0 Å². The molecule has 0 aliphatic rings. The van der Waals surface area contributed by atoms with Crippen LogP contribution in [0, 0.1) is 16.2 Å². The van der Waals surface area contributed by atoms with Gasteiger partial charge in [0.15, 0.2) is 0 Å². The van der Waals surface area contributed by atoms with Crippen LogP contribution in [0.25, 0.3) is 0 Å². The van der Waals surface area contributed by atoms with Gasteiger partial charge < -0.3 is 37.9 Å².